The van der Waals surface area contributed by atoms with Gasteiger partial charge in [0.05, 0.1) is 0 Å². The molecule has 0 spiro atoms. The van der Waals surface area contributed by atoms with Crippen LogP contribution in [0.1, 0.15) is 72.1 Å². The molecule has 86 valence electrons. The van der Waals surface area contributed by atoms with Crippen molar-refractivity contribution in [1.29, 1.82) is 0 Å². The molecule has 0 nitrogen and oxygen atoms in total. The lowest BCUT2D eigenvalue weighted by molar-refractivity contribution is 0.439. The van der Waals surface area contributed by atoms with E-state index < -0.39 is 0 Å². The maximum atomic E-state index is 3.70. The molecule has 14 heavy (non-hydrogen) atoms. The van der Waals surface area contributed by atoms with Gasteiger partial charge in [-0.05, 0) is 12.3 Å². The second-order valence-corrected chi connectivity index (χ2v) is 5.85. The topological polar surface area (TPSA) is 0 Å². The highest BCUT2D eigenvalue weighted by Gasteiger charge is 2.11. The Bertz CT molecular complexity index is 110. The predicted octanol–water partition coefficient (Wildman–Crippen LogP) is 5.55. The molecule has 0 aliphatic heterocycles. The zero-order chi connectivity index (χ0) is 10.8. The van der Waals surface area contributed by atoms with Crippen molar-refractivity contribution >= 4 is 15.9 Å². The summed E-state index contributed by atoms with van der Waals surface area (Å²) in [5.41, 5.74) is 0. The Morgan fingerprint density at radius 2 is 1.50 bits per heavy atom. The van der Waals surface area contributed by atoms with E-state index in [-0.39, 0.29) is 0 Å². The minimum Gasteiger partial charge on any atom is -0.0891 e. The van der Waals surface area contributed by atoms with Crippen LogP contribution in [0.2, 0.25) is 0 Å². The van der Waals surface area contributed by atoms with Gasteiger partial charge in [-0.25, -0.2) is 0 Å². The lowest BCUT2D eigenvalue weighted by Crippen LogP contribution is -2.09. The van der Waals surface area contributed by atoms with Crippen LogP contribution in [0.5, 0.6) is 0 Å². The van der Waals surface area contributed by atoms with Crippen molar-refractivity contribution in [3.63, 3.8) is 0 Å². The van der Waals surface area contributed by atoms with Crippen LogP contribution in [0, 0.1) is 5.92 Å². The van der Waals surface area contributed by atoms with Crippen LogP contribution in [0.3, 0.4) is 0 Å². The molecule has 0 saturated carbocycles. The molecular formula is C13H27Br. The molecule has 1 heteroatoms. The van der Waals surface area contributed by atoms with Gasteiger partial charge in [-0.1, -0.05) is 81.6 Å². The zero-order valence-electron chi connectivity index (χ0n) is 10.2. The maximum Gasteiger partial charge on any atom is 0.0145 e. The van der Waals surface area contributed by atoms with Crippen molar-refractivity contribution in [2.24, 2.45) is 5.92 Å². The first kappa shape index (κ1) is 14.5. The molecule has 0 saturated heterocycles. The van der Waals surface area contributed by atoms with E-state index in [1.165, 1.54) is 51.4 Å². The highest BCUT2D eigenvalue weighted by Crippen LogP contribution is 2.22. The Morgan fingerprint density at radius 1 is 0.929 bits per heavy atom. The fourth-order valence-electron chi connectivity index (χ4n) is 1.95. The Hall–Kier alpha value is 0.480. The molecule has 0 aromatic heterocycles. The van der Waals surface area contributed by atoms with E-state index in [4.69, 9.17) is 0 Å². The molecule has 0 fully saturated rings. The molecule has 0 aromatic rings. The third-order valence-electron chi connectivity index (χ3n) is 3.10. The Morgan fingerprint density at radius 3 is 2.00 bits per heavy atom. The molecule has 0 N–H and O–H groups in total. The van der Waals surface area contributed by atoms with Crippen LogP contribution in [0.25, 0.3) is 0 Å². The lowest BCUT2D eigenvalue weighted by atomic mass is 9.95. The summed E-state index contributed by atoms with van der Waals surface area (Å²) in [6, 6.07) is 0. The van der Waals surface area contributed by atoms with Crippen molar-refractivity contribution in [1.82, 2.24) is 0 Å². The van der Waals surface area contributed by atoms with Crippen LogP contribution in [0.4, 0.5) is 0 Å². The quantitative estimate of drug-likeness (QED) is 0.378. The first-order chi connectivity index (χ1) is 6.72. The first-order valence-corrected chi connectivity index (χ1v) is 7.28. The van der Waals surface area contributed by atoms with Crippen LogP contribution < -0.4 is 0 Å². The highest BCUT2D eigenvalue weighted by atomic mass is 79.9. The summed E-state index contributed by atoms with van der Waals surface area (Å²) in [7, 11) is 0. The Kier molecular flexibility index (Phi) is 10.4. The summed E-state index contributed by atoms with van der Waals surface area (Å²) in [4.78, 5) is 0.697. The van der Waals surface area contributed by atoms with Gasteiger partial charge in [0, 0.05) is 4.83 Å². The summed E-state index contributed by atoms with van der Waals surface area (Å²) in [6.45, 7) is 6.87. The van der Waals surface area contributed by atoms with Gasteiger partial charge < -0.3 is 0 Å². The largest absolute Gasteiger partial charge is 0.0891 e. The van der Waals surface area contributed by atoms with Gasteiger partial charge >= 0.3 is 0 Å². The third-order valence-corrected chi connectivity index (χ3v) is 3.85. The number of alkyl halides is 1. The standard InChI is InChI=1S/C13H27Br/c1-4-6-7-8-9-10-11-13(5-2)12(3)14/h12-13H,4-11H2,1-3H3. The molecule has 0 aromatic carbocycles. The second kappa shape index (κ2) is 10.0. The minimum atomic E-state index is 0.697. The molecular weight excluding hydrogens is 236 g/mol. The minimum absolute atomic E-state index is 0.697. The molecule has 0 heterocycles. The van der Waals surface area contributed by atoms with E-state index >= 15 is 0 Å². The van der Waals surface area contributed by atoms with E-state index in [0.29, 0.717) is 4.83 Å². The second-order valence-electron chi connectivity index (χ2n) is 4.40. The smallest absolute Gasteiger partial charge is 0.0145 e. The fraction of sp³-hybridized carbons (Fsp3) is 1.00. The van der Waals surface area contributed by atoms with Gasteiger partial charge in [-0.15, -0.1) is 0 Å². The van der Waals surface area contributed by atoms with Crippen molar-refractivity contribution in [2.75, 3.05) is 0 Å². The zero-order valence-corrected chi connectivity index (χ0v) is 11.8. The molecule has 0 aliphatic rings. The lowest BCUT2D eigenvalue weighted by Gasteiger charge is -2.17. The predicted molar refractivity (Wildman–Crippen MR) is 70.2 cm³/mol. The van der Waals surface area contributed by atoms with Crippen LogP contribution >= 0.6 is 15.9 Å². The van der Waals surface area contributed by atoms with Crippen molar-refractivity contribution in [3.05, 3.63) is 0 Å². The Labute approximate surface area is 99.0 Å². The first-order valence-electron chi connectivity index (χ1n) is 6.36. The molecule has 0 bridgehead atoms. The van der Waals surface area contributed by atoms with Gasteiger partial charge in [0.25, 0.3) is 0 Å². The molecule has 0 amide bonds. The molecule has 2 atom stereocenters. The number of hydrogen-bond acceptors (Lipinski definition) is 0. The number of unbranched alkanes of at least 4 members (excludes halogenated alkanes) is 5. The van der Waals surface area contributed by atoms with E-state index in [9.17, 15) is 0 Å². The normalized spacial score (nSPS) is 15.4. The summed E-state index contributed by atoms with van der Waals surface area (Å²) < 4.78 is 0. The van der Waals surface area contributed by atoms with Crippen LogP contribution in [-0.4, -0.2) is 4.83 Å². The molecule has 2 unspecified atom stereocenters. The number of rotatable bonds is 9. The highest BCUT2D eigenvalue weighted by molar-refractivity contribution is 9.09. The van der Waals surface area contributed by atoms with Crippen LogP contribution in [-0.2, 0) is 0 Å². The van der Waals surface area contributed by atoms with Gasteiger partial charge in [0.2, 0.25) is 0 Å². The van der Waals surface area contributed by atoms with Crippen molar-refractivity contribution in [3.8, 4) is 0 Å². The van der Waals surface area contributed by atoms with Crippen LogP contribution in [0.15, 0.2) is 0 Å². The fourth-order valence-corrected chi connectivity index (χ4v) is 2.58. The van der Waals surface area contributed by atoms with Crippen molar-refractivity contribution in [2.45, 2.75) is 77.0 Å². The SMILES string of the molecule is CCCCCCCCC(CC)C(C)Br. The molecule has 0 rings (SSSR count). The Balaban J connectivity index is 3.25. The van der Waals surface area contributed by atoms with E-state index in [1.54, 1.807) is 0 Å². The van der Waals surface area contributed by atoms with Crippen molar-refractivity contribution < 1.29 is 0 Å². The third kappa shape index (κ3) is 7.84. The maximum absolute atomic E-state index is 3.70. The summed E-state index contributed by atoms with van der Waals surface area (Å²) in [6.07, 6.45) is 11.3. The van der Waals surface area contributed by atoms with Gasteiger partial charge in [0.15, 0.2) is 0 Å². The van der Waals surface area contributed by atoms with Gasteiger partial charge in [0.1, 0.15) is 0 Å². The molecule has 0 aliphatic carbocycles. The van der Waals surface area contributed by atoms with Gasteiger partial charge in [-0.3, -0.25) is 0 Å². The van der Waals surface area contributed by atoms with E-state index in [0.717, 1.165) is 5.92 Å². The average molecular weight is 263 g/mol. The number of halogens is 1. The molecule has 0 radical (unpaired) electrons. The van der Waals surface area contributed by atoms with E-state index in [1.807, 2.05) is 0 Å². The summed E-state index contributed by atoms with van der Waals surface area (Å²) >= 11 is 3.70. The van der Waals surface area contributed by atoms with E-state index in [2.05, 4.69) is 36.7 Å². The van der Waals surface area contributed by atoms with Gasteiger partial charge in [-0.2, -0.15) is 0 Å². The summed E-state index contributed by atoms with van der Waals surface area (Å²) in [5.74, 6) is 0.890. The average Bonchev–Trinajstić information content (AvgIpc) is 2.16. The monoisotopic (exact) mass is 262 g/mol. The summed E-state index contributed by atoms with van der Waals surface area (Å²) in [5, 5.41) is 0. The number of hydrogen-bond donors (Lipinski definition) is 0.